The van der Waals surface area contributed by atoms with Crippen molar-refractivity contribution in [3.8, 4) is 0 Å². The SMILES string of the molecule is [B][B][C@H]1C[C@@H](OC)[C@@H](COP(=O)(O[C@H]2[C@@H](COC)O[C@@H]([B])C2(F)F)SCCS)O1. The first-order valence-electron chi connectivity index (χ1n) is 8.90. The molecule has 7 nitrogen and oxygen atoms in total. The van der Waals surface area contributed by atoms with Crippen LogP contribution >= 0.6 is 30.8 Å². The molecule has 1 unspecified atom stereocenters. The van der Waals surface area contributed by atoms with Crippen LogP contribution in [0.15, 0.2) is 0 Å². The molecule has 2 heterocycles. The molecule has 7 atom stereocenters. The Morgan fingerprint density at radius 2 is 2.03 bits per heavy atom. The van der Waals surface area contributed by atoms with E-state index in [4.69, 9.17) is 43.6 Å². The van der Waals surface area contributed by atoms with E-state index in [2.05, 4.69) is 12.6 Å². The Morgan fingerprint density at radius 1 is 1.31 bits per heavy atom. The van der Waals surface area contributed by atoms with Crippen LogP contribution in [0.1, 0.15) is 6.42 Å². The van der Waals surface area contributed by atoms with Crippen LogP contribution in [-0.4, -0.2) is 104 Å². The molecule has 15 heteroatoms. The highest BCUT2D eigenvalue weighted by Crippen LogP contribution is 2.63. The van der Waals surface area contributed by atoms with Gasteiger partial charge in [0, 0.05) is 33.7 Å². The summed E-state index contributed by atoms with van der Waals surface area (Å²) in [7, 11) is 15.1. The van der Waals surface area contributed by atoms with Gasteiger partial charge in [-0.3, -0.25) is 9.05 Å². The van der Waals surface area contributed by atoms with E-state index in [1.807, 2.05) is 0 Å². The maximum atomic E-state index is 14.5. The summed E-state index contributed by atoms with van der Waals surface area (Å²) in [5, 5.41) is 0. The summed E-state index contributed by atoms with van der Waals surface area (Å²) in [5.41, 5.74) is 0. The Morgan fingerprint density at radius 3 is 2.62 bits per heavy atom. The van der Waals surface area contributed by atoms with Gasteiger partial charge in [0.25, 0.3) is 5.92 Å². The predicted molar refractivity (Wildman–Crippen MR) is 112 cm³/mol. The van der Waals surface area contributed by atoms with Gasteiger partial charge < -0.3 is 18.9 Å². The van der Waals surface area contributed by atoms with Crippen molar-refractivity contribution in [2.45, 2.75) is 48.8 Å². The van der Waals surface area contributed by atoms with E-state index in [1.165, 1.54) is 21.4 Å². The molecule has 2 aliphatic heterocycles. The molecule has 2 rings (SSSR count). The van der Waals surface area contributed by atoms with Crippen molar-refractivity contribution >= 4 is 53.6 Å². The lowest BCUT2D eigenvalue weighted by molar-refractivity contribution is -0.0860. The van der Waals surface area contributed by atoms with Crippen molar-refractivity contribution < 1.29 is 41.3 Å². The van der Waals surface area contributed by atoms with Crippen molar-refractivity contribution in [3.63, 3.8) is 0 Å². The second kappa shape index (κ2) is 11.6. The molecule has 29 heavy (non-hydrogen) atoms. The fraction of sp³-hybridized carbons (Fsp3) is 1.00. The molecular formula is C14H23B3F2O7PS2. The minimum atomic E-state index is -4.05. The Kier molecular flexibility index (Phi) is 10.4. The maximum Gasteiger partial charge on any atom is 0.389 e. The summed E-state index contributed by atoms with van der Waals surface area (Å²) >= 11 is 4.83. The smallest absolute Gasteiger partial charge is 0.382 e. The highest BCUT2D eigenvalue weighted by atomic mass is 32.7. The molecule has 161 valence electrons. The lowest BCUT2D eigenvalue weighted by Crippen LogP contribution is -2.42. The number of alkyl halides is 2. The zero-order valence-electron chi connectivity index (χ0n) is 16.1. The Bertz CT molecular complexity index is 571. The minimum absolute atomic E-state index is 0.195. The number of hydrogen-bond donors (Lipinski definition) is 1. The summed E-state index contributed by atoms with van der Waals surface area (Å²) in [4.78, 5) is 0. The summed E-state index contributed by atoms with van der Waals surface area (Å²) in [6.45, 7) is -4.46. The normalized spacial score (nSPS) is 36.2. The van der Waals surface area contributed by atoms with Gasteiger partial charge in [0.15, 0.2) is 6.10 Å². The fourth-order valence-electron chi connectivity index (χ4n) is 3.01. The first kappa shape index (κ1) is 26.0. The predicted octanol–water partition coefficient (Wildman–Crippen LogP) is 1.25. The molecule has 0 bridgehead atoms. The third-order valence-corrected chi connectivity index (χ3v) is 8.73. The average Bonchev–Trinajstić information content (AvgIpc) is 3.19. The van der Waals surface area contributed by atoms with Gasteiger partial charge in [-0.1, -0.05) is 0 Å². The van der Waals surface area contributed by atoms with Crippen molar-refractivity contribution in [1.82, 2.24) is 0 Å². The topological polar surface area (TPSA) is 72.5 Å². The van der Waals surface area contributed by atoms with Gasteiger partial charge in [0.1, 0.15) is 20.1 Å². The van der Waals surface area contributed by atoms with E-state index in [0.717, 1.165) is 11.4 Å². The van der Waals surface area contributed by atoms with Gasteiger partial charge in [-0.2, -0.15) is 12.6 Å². The molecule has 0 N–H and O–H groups in total. The lowest BCUT2D eigenvalue weighted by Gasteiger charge is -2.28. The van der Waals surface area contributed by atoms with E-state index in [1.54, 1.807) is 0 Å². The Balaban J connectivity index is 2.11. The van der Waals surface area contributed by atoms with Crippen molar-refractivity contribution in [3.05, 3.63) is 0 Å². The van der Waals surface area contributed by atoms with Crippen LogP contribution in [-0.2, 0) is 32.6 Å². The molecule has 2 fully saturated rings. The summed E-state index contributed by atoms with van der Waals surface area (Å²) in [6.07, 6.45) is -3.55. The van der Waals surface area contributed by atoms with Crippen LogP contribution in [0, 0.1) is 0 Å². The Hall–Kier alpha value is 0.745. The number of halogens is 2. The largest absolute Gasteiger partial charge is 0.389 e. The second-order valence-corrected chi connectivity index (χ2v) is 11.1. The van der Waals surface area contributed by atoms with Crippen LogP contribution in [0.25, 0.3) is 0 Å². The third-order valence-electron chi connectivity index (χ3n) is 4.48. The highest BCUT2D eigenvalue weighted by molar-refractivity contribution is 8.55. The van der Waals surface area contributed by atoms with Crippen molar-refractivity contribution in [2.75, 3.05) is 38.9 Å². The standard InChI is InChI=1S/C14H23B3F2O7PS2/c1-21-6-10-12(14(18,19)13(15)25-10)26-27(20,29-4-3-28)23-7-9-8(22-2)5-11(17-16)24-9/h8-13,28H,3-7H2,1-2H3/t8-,9-,10-,11-,12+,13-,27?/m1/s1. The summed E-state index contributed by atoms with van der Waals surface area (Å²) < 4.78 is 74.0. The van der Waals surface area contributed by atoms with Crippen LogP contribution < -0.4 is 0 Å². The molecule has 0 aliphatic carbocycles. The molecule has 0 amide bonds. The maximum absolute atomic E-state index is 14.5. The van der Waals surface area contributed by atoms with Gasteiger partial charge in [-0.25, -0.2) is 13.3 Å². The van der Waals surface area contributed by atoms with E-state index in [-0.39, 0.29) is 31.1 Å². The van der Waals surface area contributed by atoms with Gasteiger partial charge in [-0.15, -0.1) is 0 Å². The number of thiol groups is 1. The first-order valence-corrected chi connectivity index (χ1v) is 12.7. The number of methoxy groups -OCH3 is 2. The molecule has 0 aromatic heterocycles. The fourth-order valence-corrected chi connectivity index (χ4v) is 6.91. The van der Waals surface area contributed by atoms with Gasteiger partial charge in [0.2, 0.25) is 0 Å². The molecule has 5 radical (unpaired) electrons. The third kappa shape index (κ3) is 6.62. The highest BCUT2D eigenvalue weighted by Gasteiger charge is 2.59. The van der Waals surface area contributed by atoms with Crippen molar-refractivity contribution in [2.24, 2.45) is 0 Å². The molecular weight excluding hydrogens is 446 g/mol. The Labute approximate surface area is 182 Å². The quantitative estimate of drug-likeness (QED) is 0.261. The molecule has 0 spiro atoms. The second-order valence-electron chi connectivity index (χ2n) is 6.47. The number of hydrogen-bond acceptors (Lipinski definition) is 9. The zero-order valence-corrected chi connectivity index (χ0v) is 18.8. The minimum Gasteiger partial charge on any atom is -0.382 e. The zero-order chi connectivity index (χ0) is 21.7. The molecule has 0 aromatic carbocycles. The van der Waals surface area contributed by atoms with Crippen LogP contribution in [0.5, 0.6) is 0 Å². The number of rotatable bonds is 12. The molecule has 2 saturated heterocycles. The van der Waals surface area contributed by atoms with Gasteiger partial charge >= 0.3 is 6.80 Å². The van der Waals surface area contributed by atoms with E-state index < -0.39 is 37.0 Å². The monoisotopic (exact) mass is 469 g/mol. The summed E-state index contributed by atoms with van der Waals surface area (Å²) in [6, 6.07) is -2.26. The van der Waals surface area contributed by atoms with Crippen LogP contribution in [0.2, 0.25) is 0 Å². The first-order chi connectivity index (χ1) is 13.7. The van der Waals surface area contributed by atoms with E-state index in [0.29, 0.717) is 12.2 Å². The average molecular weight is 469 g/mol. The number of ether oxygens (including phenoxy) is 4. The van der Waals surface area contributed by atoms with Gasteiger partial charge in [-0.05, 0) is 23.6 Å². The molecule has 2 aliphatic rings. The van der Waals surface area contributed by atoms with Crippen molar-refractivity contribution in [1.29, 1.82) is 0 Å². The van der Waals surface area contributed by atoms with Gasteiger partial charge in [0.05, 0.1) is 32.5 Å². The van der Waals surface area contributed by atoms with E-state index >= 15 is 0 Å². The van der Waals surface area contributed by atoms with Crippen LogP contribution in [0.3, 0.4) is 0 Å². The summed E-state index contributed by atoms with van der Waals surface area (Å²) in [5.74, 6) is -2.99. The van der Waals surface area contributed by atoms with E-state index in [9.17, 15) is 13.3 Å². The lowest BCUT2D eigenvalue weighted by atomic mass is 9.51. The molecule has 0 aromatic rings. The molecule has 0 saturated carbocycles. The van der Waals surface area contributed by atoms with Crippen LogP contribution in [0.4, 0.5) is 8.78 Å².